The fraction of sp³-hybridized carbons (Fsp3) is 0.100. The molecule has 0 atom stereocenters. The maximum Gasteiger partial charge on any atom is 0.160 e. The highest BCUT2D eigenvalue weighted by atomic mass is 15.3. The highest BCUT2D eigenvalue weighted by molar-refractivity contribution is 6.15. The Morgan fingerprint density at radius 2 is 1.45 bits per heavy atom. The Hall–Kier alpha value is -4.11. The lowest BCUT2D eigenvalue weighted by Crippen LogP contribution is -2.00. The maximum atomic E-state index is 5.07. The lowest BCUT2D eigenvalue weighted by atomic mass is 9.94. The first kappa shape index (κ1) is 19.6. The van der Waals surface area contributed by atoms with Crippen LogP contribution in [0.5, 0.6) is 0 Å². The van der Waals surface area contributed by atoms with Crippen molar-refractivity contribution >= 4 is 33.3 Å². The van der Waals surface area contributed by atoms with Gasteiger partial charge in [-0.25, -0.2) is 4.52 Å². The molecule has 0 N–H and O–H groups in total. The molecule has 0 spiro atoms. The summed E-state index contributed by atoms with van der Waals surface area (Å²) in [5, 5.41) is 8.79. The summed E-state index contributed by atoms with van der Waals surface area (Å²) in [6, 6.07) is 28.3. The summed E-state index contributed by atoms with van der Waals surface area (Å²) >= 11 is 0. The van der Waals surface area contributed by atoms with E-state index in [0.717, 1.165) is 22.4 Å². The second-order valence-corrected chi connectivity index (χ2v) is 8.81. The summed E-state index contributed by atoms with van der Waals surface area (Å²) in [5.41, 5.74) is 9.44. The van der Waals surface area contributed by atoms with Crippen LogP contribution in [-0.4, -0.2) is 14.2 Å². The molecular formula is C30H25N3. The van der Waals surface area contributed by atoms with Gasteiger partial charge >= 0.3 is 0 Å². The molecule has 0 bridgehead atoms. The Kier molecular flexibility index (Phi) is 4.27. The van der Waals surface area contributed by atoms with Crippen molar-refractivity contribution in [1.82, 2.24) is 14.2 Å². The van der Waals surface area contributed by atoms with Crippen molar-refractivity contribution in [1.29, 1.82) is 0 Å². The average Bonchev–Trinajstić information content (AvgIpc) is 3.41. The molecule has 6 aromatic rings. The third kappa shape index (κ3) is 2.93. The molecule has 3 heteroatoms. The highest BCUT2D eigenvalue weighted by Crippen LogP contribution is 2.36. The van der Waals surface area contributed by atoms with Crippen molar-refractivity contribution < 1.29 is 0 Å². The lowest BCUT2D eigenvalue weighted by molar-refractivity contribution is 0.880. The molecule has 6 rings (SSSR count). The first-order valence-corrected chi connectivity index (χ1v) is 11.3. The number of nitrogens with zero attached hydrogens (tertiary/aromatic N) is 3. The van der Waals surface area contributed by atoms with E-state index in [9.17, 15) is 0 Å². The van der Waals surface area contributed by atoms with E-state index >= 15 is 0 Å². The molecule has 0 unspecified atom stereocenters. The van der Waals surface area contributed by atoms with Crippen LogP contribution in [-0.2, 0) is 0 Å². The molecule has 160 valence electrons. The van der Waals surface area contributed by atoms with Crippen molar-refractivity contribution in [3.8, 4) is 16.9 Å². The van der Waals surface area contributed by atoms with Crippen molar-refractivity contribution in [2.24, 2.45) is 0 Å². The second-order valence-electron chi connectivity index (χ2n) is 8.81. The summed E-state index contributed by atoms with van der Waals surface area (Å²) in [7, 11) is 0. The molecule has 0 amide bonds. The summed E-state index contributed by atoms with van der Waals surface area (Å²) in [5.74, 6) is 0.955. The van der Waals surface area contributed by atoms with E-state index in [4.69, 9.17) is 5.10 Å². The van der Waals surface area contributed by atoms with Crippen LogP contribution >= 0.6 is 0 Å². The van der Waals surface area contributed by atoms with Crippen LogP contribution in [0.15, 0.2) is 85.4 Å². The number of hydrogen-bond acceptors (Lipinski definition) is 1. The topological polar surface area (TPSA) is 22.2 Å². The average molecular weight is 428 g/mol. The van der Waals surface area contributed by atoms with E-state index in [1.807, 2.05) is 6.08 Å². The number of benzene rings is 3. The van der Waals surface area contributed by atoms with Gasteiger partial charge in [-0.15, -0.1) is 5.10 Å². The number of para-hydroxylation sites is 1. The Morgan fingerprint density at radius 1 is 0.727 bits per heavy atom. The fourth-order valence-electron chi connectivity index (χ4n) is 5.07. The Bertz CT molecular complexity index is 1680. The molecule has 3 heterocycles. The van der Waals surface area contributed by atoms with Gasteiger partial charge in [-0.05, 0) is 72.7 Å². The van der Waals surface area contributed by atoms with E-state index < -0.39 is 0 Å². The van der Waals surface area contributed by atoms with E-state index in [1.165, 1.54) is 44.2 Å². The Labute approximate surface area is 193 Å². The van der Waals surface area contributed by atoms with Gasteiger partial charge < -0.3 is 4.57 Å². The lowest BCUT2D eigenvalue weighted by Gasteiger charge is -2.13. The fourth-order valence-corrected chi connectivity index (χ4v) is 5.07. The monoisotopic (exact) mass is 427 g/mol. The number of hydrogen-bond donors (Lipinski definition) is 0. The van der Waals surface area contributed by atoms with Crippen LogP contribution in [0, 0.1) is 20.8 Å². The minimum absolute atomic E-state index is 0.955. The molecule has 0 aliphatic carbocycles. The molecule has 3 aromatic carbocycles. The van der Waals surface area contributed by atoms with Crippen LogP contribution in [0.4, 0.5) is 0 Å². The zero-order valence-electron chi connectivity index (χ0n) is 19.1. The SMILES string of the molecule is C=Cc1ccc(-c2cc(C)c3c(c2)c2ccccc2n2nc(-n4c(C)ccc4C)cc32)cc1. The quantitative estimate of drug-likeness (QED) is 0.266. The summed E-state index contributed by atoms with van der Waals surface area (Å²) in [6.07, 6.45) is 1.88. The van der Waals surface area contributed by atoms with Crippen molar-refractivity contribution in [2.45, 2.75) is 20.8 Å². The summed E-state index contributed by atoms with van der Waals surface area (Å²) < 4.78 is 4.33. The van der Waals surface area contributed by atoms with Gasteiger partial charge in [-0.2, -0.15) is 0 Å². The van der Waals surface area contributed by atoms with Gasteiger partial charge in [0.15, 0.2) is 5.82 Å². The molecule has 3 aromatic heterocycles. The molecular weight excluding hydrogens is 402 g/mol. The maximum absolute atomic E-state index is 5.07. The van der Waals surface area contributed by atoms with E-state index in [2.05, 4.69) is 115 Å². The number of fused-ring (bicyclic) bond motifs is 6. The molecule has 0 radical (unpaired) electrons. The molecule has 33 heavy (non-hydrogen) atoms. The molecule has 0 aliphatic heterocycles. The zero-order valence-corrected chi connectivity index (χ0v) is 19.1. The molecule has 0 saturated carbocycles. The zero-order chi connectivity index (χ0) is 22.7. The number of pyridine rings is 1. The van der Waals surface area contributed by atoms with Gasteiger partial charge in [-0.1, -0.05) is 61.2 Å². The summed E-state index contributed by atoms with van der Waals surface area (Å²) in [4.78, 5) is 0. The van der Waals surface area contributed by atoms with Crippen LogP contribution in [0.2, 0.25) is 0 Å². The van der Waals surface area contributed by atoms with E-state index in [0.29, 0.717) is 0 Å². The molecule has 0 saturated heterocycles. The Morgan fingerprint density at radius 3 is 2.18 bits per heavy atom. The molecule has 3 nitrogen and oxygen atoms in total. The number of aryl methyl sites for hydroxylation is 3. The third-order valence-electron chi connectivity index (χ3n) is 6.69. The minimum atomic E-state index is 0.955. The van der Waals surface area contributed by atoms with Gasteiger partial charge in [0.05, 0.1) is 11.0 Å². The van der Waals surface area contributed by atoms with Gasteiger partial charge in [0, 0.05) is 28.2 Å². The van der Waals surface area contributed by atoms with Crippen molar-refractivity contribution in [3.05, 3.63) is 108 Å². The third-order valence-corrected chi connectivity index (χ3v) is 6.69. The molecule has 0 aliphatic rings. The van der Waals surface area contributed by atoms with Gasteiger partial charge in [0.2, 0.25) is 0 Å². The highest BCUT2D eigenvalue weighted by Gasteiger charge is 2.16. The van der Waals surface area contributed by atoms with E-state index in [1.54, 1.807) is 0 Å². The smallest absolute Gasteiger partial charge is 0.160 e. The first-order valence-electron chi connectivity index (χ1n) is 11.3. The largest absolute Gasteiger partial charge is 0.302 e. The van der Waals surface area contributed by atoms with Crippen LogP contribution in [0.1, 0.15) is 22.5 Å². The normalized spacial score (nSPS) is 11.6. The Balaban J connectivity index is 1.70. The second kappa shape index (κ2) is 7.21. The summed E-state index contributed by atoms with van der Waals surface area (Å²) in [6.45, 7) is 10.3. The van der Waals surface area contributed by atoms with E-state index in [-0.39, 0.29) is 0 Å². The minimum Gasteiger partial charge on any atom is -0.302 e. The van der Waals surface area contributed by atoms with Crippen molar-refractivity contribution in [3.63, 3.8) is 0 Å². The van der Waals surface area contributed by atoms with Gasteiger partial charge in [0.25, 0.3) is 0 Å². The predicted octanol–water partition coefficient (Wildman–Crippen LogP) is 7.67. The van der Waals surface area contributed by atoms with Crippen molar-refractivity contribution in [2.75, 3.05) is 0 Å². The van der Waals surface area contributed by atoms with Gasteiger partial charge in [-0.3, -0.25) is 0 Å². The standard InChI is InChI=1S/C30H25N3/c1-5-22-12-14-23(15-13-22)24-16-19(2)30-26(17-24)25-8-6-7-9-27(25)33-28(30)18-29(31-33)32-20(3)10-11-21(32)4/h5-18H,1H2,2-4H3. The molecule has 0 fully saturated rings. The predicted molar refractivity (Wildman–Crippen MR) is 139 cm³/mol. The number of rotatable bonds is 3. The van der Waals surface area contributed by atoms with Gasteiger partial charge in [0.1, 0.15) is 0 Å². The van der Waals surface area contributed by atoms with Crippen LogP contribution in [0.25, 0.3) is 50.2 Å². The van der Waals surface area contributed by atoms with Crippen LogP contribution in [0.3, 0.4) is 0 Å². The first-order chi connectivity index (χ1) is 16.0. The number of aromatic nitrogens is 3. The van der Waals surface area contributed by atoms with Crippen LogP contribution < -0.4 is 0 Å².